The molecule has 2 aliphatic heterocycles. The van der Waals surface area contributed by atoms with Gasteiger partial charge < -0.3 is 20.0 Å². The molecule has 0 aromatic heterocycles. The zero-order chi connectivity index (χ0) is 27.4. The van der Waals surface area contributed by atoms with E-state index < -0.39 is 6.04 Å². The Bertz CT molecular complexity index is 1160. The molecular formula is C32H42N4O3. The molecule has 3 fully saturated rings. The van der Waals surface area contributed by atoms with E-state index in [1.54, 1.807) is 6.92 Å². The number of hydrogen-bond donors (Lipinski definition) is 1. The second-order valence-electron chi connectivity index (χ2n) is 11.7. The zero-order valence-corrected chi connectivity index (χ0v) is 23.4. The summed E-state index contributed by atoms with van der Waals surface area (Å²) in [5.41, 5.74) is 3.60. The molecule has 1 N–H and O–H groups in total. The second kappa shape index (κ2) is 12.2. The summed E-state index contributed by atoms with van der Waals surface area (Å²) in [6, 6.07) is 18.1. The molecule has 2 aromatic carbocycles. The summed E-state index contributed by atoms with van der Waals surface area (Å²) in [6.45, 7) is 6.96. The van der Waals surface area contributed by atoms with E-state index in [0.717, 1.165) is 37.9 Å². The molecular weight excluding hydrogens is 488 g/mol. The molecule has 1 saturated carbocycles. The van der Waals surface area contributed by atoms with Crippen LogP contribution in [0.5, 0.6) is 0 Å². The third kappa shape index (κ3) is 6.81. The fraction of sp³-hybridized carbons (Fsp3) is 0.531. The zero-order valence-electron chi connectivity index (χ0n) is 23.4. The van der Waals surface area contributed by atoms with Gasteiger partial charge in [0.1, 0.15) is 6.04 Å². The monoisotopic (exact) mass is 530 g/mol. The summed E-state index contributed by atoms with van der Waals surface area (Å²) >= 11 is 0. The Morgan fingerprint density at radius 1 is 0.923 bits per heavy atom. The SMILES string of the molecule is CC(=O)N(Cc1ccccc1C)C1CCN(C(=O)N[C@H]2CC[C@H](c3ccccc3)CN(CC3CC3)C2=O)CC1. The van der Waals surface area contributed by atoms with Gasteiger partial charge in [-0.3, -0.25) is 9.59 Å². The summed E-state index contributed by atoms with van der Waals surface area (Å²) in [7, 11) is 0. The molecule has 39 heavy (non-hydrogen) atoms. The lowest BCUT2D eigenvalue weighted by Crippen LogP contribution is -2.55. The van der Waals surface area contributed by atoms with Crippen molar-refractivity contribution < 1.29 is 14.4 Å². The first-order chi connectivity index (χ1) is 18.9. The Morgan fingerprint density at radius 3 is 2.28 bits per heavy atom. The minimum atomic E-state index is -0.488. The number of amides is 4. The number of nitrogens with zero attached hydrogens (tertiary/aromatic N) is 3. The van der Waals surface area contributed by atoms with Crippen LogP contribution in [0.4, 0.5) is 4.79 Å². The van der Waals surface area contributed by atoms with Crippen molar-refractivity contribution in [1.29, 1.82) is 0 Å². The summed E-state index contributed by atoms with van der Waals surface area (Å²) in [4.78, 5) is 45.2. The van der Waals surface area contributed by atoms with Gasteiger partial charge in [-0.2, -0.15) is 0 Å². The predicted octanol–water partition coefficient (Wildman–Crippen LogP) is 4.70. The quantitative estimate of drug-likeness (QED) is 0.564. The molecule has 2 saturated heterocycles. The molecule has 2 heterocycles. The van der Waals surface area contributed by atoms with E-state index in [0.29, 0.717) is 32.0 Å². The van der Waals surface area contributed by atoms with Gasteiger partial charge in [0.15, 0.2) is 0 Å². The van der Waals surface area contributed by atoms with Crippen molar-refractivity contribution in [3.63, 3.8) is 0 Å². The number of likely N-dealkylation sites (tertiary alicyclic amines) is 2. The molecule has 0 radical (unpaired) electrons. The Hall–Kier alpha value is -3.35. The highest BCUT2D eigenvalue weighted by Crippen LogP contribution is 2.33. The van der Waals surface area contributed by atoms with Gasteiger partial charge in [-0.25, -0.2) is 4.79 Å². The topological polar surface area (TPSA) is 73.0 Å². The molecule has 0 unspecified atom stereocenters. The van der Waals surface area contributed by atoms with Crippen LogP contribution in [0, 0.1) is 12.8 Å². The summed E-state index contributed by atoms with van der Waals surface area (Å²) < 4.78 is 0. The van der Waals surface area contributed by atoms with Crippen LogP contribution in [-0.2, 0) is 16.1 Å². The molecule has 0 bridgehead atoms. The van der Waals surface area contributed by atoms with E-state index >= 15 is 0 Å². The largest absolute Gasteiger partial charge is 0.340 e. The number of carbonyl (C=O) groups is 3. The third-order valence-corrected chi connectivity index (χ3v) is 8.80. The second-order valence-corrected chi connectivity index (χ2v) is 11.7. The van der Waals surface area contributed by atoms with Crippen molar-refractivity contribution in [2.24, 2.45) is 5.92 Å². The molecule has 208 valence electrons. The van der Waals surface area contributed by atoms with Gasteiger partial charge in [0.2, 0.25) is 11.8 Å². The number of nitrogens with one attached hydrogen (secondary N) is 1. The van der Waals surface area contributed by atoms with Crippen LogP contribution in [0.15, 0.2) is 54.6 Å². The van der Waals surface area contributed by atoms with Crippen LogP contribution in [0.2, 0.25) is 0 Å². The van der Waals surface area contributed by atoms with Gasteiger partial charge in [-0.15, -0.1) is 0 Å². The van der Waals surface area contributed by atoms with E-state index in [2.05, 4.69) is 48.6 Å². The van der Waals surface area contributed by atoms with Crippen molar-refractivity contribution in [3.8, 4) is 0 Å². The first-order valence-corrected chi connectivity index (χ1v) is 14.6. The molecule has 2 aromatic rings. The van der Waals surface area contributed by atoms with E-state index in [9.17, 15) is 14.4 Å². The first-order valence-electron chi connectivity index (χ1n) is 14.6. The molecule has 7 nitrogen and oxygen atoms in total. The smallest absolute Gasteiger partial charge is 0.318 e. The number of urea groups is 1. The Balaban J connectivity index is 1.19. The number of benzene rings is 2. The molecule has 1 aliphatic carbocycles. The average Bonchev–Trinajstić information content (AvgIpc) is 3.78. The Kier molecular flexibility index (Phi) is 8.53. The summed E-state index contributed by atoms with van der Waals surface area (Å²) in [6.07, 6.45) is 5.37. The maximum Gasteiger partial charge on any atom is 0.318 e. The number of piperidine rings is 1. The summed E-state index contributed by atoms with van der Waals surface area (Å²) in [5.74, 6) is 1.01. The molecule has 2 atom stereocenters. The highest BCUT2D eigenvalue weighted by atomic mass is 16.2. The lowest BCUT2D eigenvalue weighted by Gasteiger charge is -2.39. The number of aryl methyl sites for hydroxylation is 1. The van der Waals surface area contributed by atoms with E-state index in [1.165, 1.54) is 24.0 Å². The highest BCUT2D eigenvalue weighted by Gasteiger charge is 2.37. The van der Waals surface area contributed by atoms with Crippen molar-refractivity contribution in [3.05, 3.63) is 71.3 Å². The number of carbonyl (C=O) groups excluding carboxylic acids is 3. The van der Waals surface area contributed by atoms with E-state index in [1.807, 2.05) is 32.9 Å². The molecule has 0 spiro atoms. The van der Waals surface area contributed by atoms with Crippen molar-refractivity contribution in [1.82, 2.24) is 20.0 Å². The van der Waals surface area contributed by atoms with E-state index in [4.69, 9.17) is 0 Å². The maximum atomic E-state index is 13.6. The van der Waals surface area contributed by atoms with Gasteiger partial charge in [0, 0.05) is 51.6 Å². The maximum absolute atomic E-state index is 13.6. The van der Waals surface area contributed by atoms with Crippen LogP contribution in [0.1, 0.15) is 68.1 Å². The number of hydrogen-bond acceptors (Lipinski definition) is 3. The standard InChI is InChI=1S/C32H42N4O3/c1-23-8-6-7-11-27(23)22-36(24(2)37)29-16-18-34(19-17-29)32(39)33-30-15-14-28(26-9-4-3-5-10-26)21-35(31(30)38)20-25-12-13-25/h3-11,25,28-30H,12-22H2,1-2H3,(H,33,39)/t28-,30-/m0/s1. The molecule has 7 heteroatoms. The van der Waals surface area contributed by atoms with Crippen LogP contribution in [0.3, 0.4) is 0 Å². The minimum absolute atomic E-state index is 0.0598. The lowest BCUT2D eigenvalue weighted by molar-refractivity contribution is -0.134. The fourth-order valence-electron chi connectivity index (χ4n) is 6.16. The predicted molar refractivity (Wildman–Crippen MR) is 152 cm³/mol. The van der Waals surface area contributed by atoms with Crippen LogP contribution in [0.25, 0.3) is 0 Å². The lowest BCUT2D eigenvalue weighted by atomic mass is 9.93. The van der Waals surface area contributed by atoms with Gasteiger partial charge in [0.05, 0.1) is 0 Å². The minimum Gasteiger partial charge on any atom is -0.340 e. The molecule has 3 aliphatic rings. The van der Waals surface area contributed by atoms with Crippen LogP contribution >= 0.6 is 0 Å². The summed E-state index contributed by atoms with van der Waals surface area (Å²) in [5, 5.41) is 3.10. The average molecular weight is 531 g/mol. The van der Waals surface area contributed by atoms with E-state index in [-0.39, 0.29) is 29.8 Å². The van der Waals surface area contributed by atoms with Crippen molar-refractivity contribution in [2.75, 3.05) is 26.2 Å². The molecule has 5 rings (SSSR count). The van der Waals surface area contributed by atoms with Gasteiger partial charge in [-0.05, 0) is 68.1 Å². The van der Waals surface area contributed by atoms with Crippen molar-refractivity contribution in [2.45, 2.75) is 76.9 Å². The van der Waals surface area contributed by atoms with Crippen LogP contribution in [-0.4, -0.2) is 70.8 Å². The Labute approximate surface area is 232 Å². The first kappa shape index (κ1) is 27.2. The van der Waals surface area contributed by atoms with Crippen LogP contribution < -0.4 is 5.32 Å². The normalized spacial score (nSPS) is 22.4. The Morgan fingerprint density at radius 2 is 1.62 bits per heavy atom. The third-order valence-electron chi connectivity index (χ3n) is 8.80. The number of rotatable bonds is 7. The van der Waals surface area contributed by atoms with Gasteiger partial charge in [0.25, 0.3) is 0 Å². The highest BCUT2D eigenvalue weighted by molar-refractivity contribution is 5.87. The van der Waals surface area contributed by atoms with Gasteiger partial charge in [-0.1, -0.05) is 54.6 Å². The van der Waals surface area contributed by atoms with Crippen molar-refractivity contribution >= 4 is 17.8 Å². The fourth-order valence-corrected chi connectivity index (χ4v) is 6.16. The van der Waals surface area contributed by atoms with Gasteiger partial charge >= 0.3 is 6.03 Å². The molecule has 4 amide bonds.